The van der Waals surface area contributed by atoms with E-state index in [-0.39, 0.29) is 11.2 Å². The van der Waals surface area contributed by atoms with E-state index in [9.17, 15) is 4.79 Å². The largest absolute Gasteiger partial charge is 0.273 e. The molecule has 1 aliphatic heterocycles. The third-order valence-electron chi connectivity index (χ3n) is 3.84. The molecule has 1 aromatic carbocycles. The van der Waals surface area contributed by atoms with E-state index < -0.39 is 0 Å². The molecule has 20 heavy (non-hydrogen) atoms. The fourth-order valence-electron chi connectivity index (χ4n) is 2.73. The molecule has 1 unspecified atom stereocenters. The van der Waals surface area contributed by atoms with Crippen LogP contribution in [0, 0.1) is 0 Å². The standard InChI is InChI=1S/C16H20N2OS/c1-2-3-4-5-6-11-14-15(19)18-13-10-8-7-9-12(13)17-16(18)20-14/h7-10,14H,2-6,11H2,1H3. The minimum absolute atomic E-state index is 0.0729. The summed E-state index contributed by atoms with van der Waals surface area (Å²) in [5.41, 5.74) is 1.87. The van der Waals surface area contributed by atoms with Crippen molar-refractivity contribution in [2.45, 2.75) is 55.9 Å². The third kappa shape index (κ3) is 2.49. The number of hydrogen-bond acceptors (Lipinski definition) is 3. The van der Waals surface area contributed by atoms with E-state index in [2.05, 4.69) is 11.9 Å². The summed E-state index contributed by atoms with van der Waals surface area (Å²) >= 11 is 1.64. The van der Waals surface area contributed by atoms with E-state index in [1.807, 2.05) is 24.3 Å². The fourth-order valence-corrected chi connectivity index (χ4v) is 3.92. The summed E-state index contributed by atoms with van der Waals surface area (Å²) in [6, 6.07) is 7.88. The molecular weight excluding hydrogens is 268 g/mol. The molecule has 1 aliphatic rings. The normalized spacial score (nSPS) is 17.9. The first-order valence-electron chi connectivity index (χ1n) is 7.49. The zero-order valence-corrected chi connectivity index (χ0v) is 12.7. The van der Waals surface area contributed by atoms with Gasteiger partial charge in [0, 0.05) is 0 Å². The Balaban J connectivity index is 1.66. The van der Waals surface area contributed by atoms with Crippen LogP contribution in [0.15, 0.2) is 29.4 Å². The zero-order chi connectivity index (χ0) is 13.9. The smallest absolute Gasteiger partial charge is 0.246 e. The van der Waals surface area contributed by atoms with Crippen molar-refractivity contribution in [3.05, 3.63) is 24.3 Å². The summed E-state index contributed by atoms with van der Waals surface area (Å²) in [4.78, 5) is 17.1. The number of carbonyl (C=O) groups excluding carboxylic acids is 1. The number of hydrogen-bond donors (Lipinski definition) is 0. The molecule has 1 aromatic heterocycles. The Morgan fingerprint density at radius 1 is 1.20 bits per heavy atom. The molecule has 4 heteroatoms. The van der Waals surface area contributed by atoms with E-state index in [1.165, 1.54) is 25.7 Å². The Bertz CT molecular complexity index is 620. The molecule has 2 aromatic rings. The molecule has 106 valence electrons. The van der Waals surface area contributed by atoms with Crippen molar-refractivity contribution in [1.82, 2.24) is 9.55 Å². The van der Waals surface area contributed by atoms with Crippen LogP contribution >= 0.6 is 11.8 Å². The second kappa shape index (κ2) is 6.00. The molecule has 3 rings (SSSR count). The van der Waals surface area contributed by atoms with Crippen molar-refractivity contribution in [2.75, 3.05) is 0 Å². The number of fused-ring (bicyclic) bond motifs is 3. The maximum atomic E-state index is 12.5. The van der Waals surface area contributed by atoms with Gasteiger partial charge in [-0.2, -0.15) is 0 Å². The molecule has 0 amide bonds. The summed E-state index contributed by atoms with van der Waals surface area (Å²) in [6.07, 6.45) is 7.21. The van der Waals surface area contributed by atoms with Crippen molar-refractivity contribution < 1.29 is 4.79 Å². The van der Waals surface area contributed by atoms with Crippen LogP contribution in [0.4, 0.5) is 0 Å². The molecule has 0 saturated heterocycles. The minimum atomic E-state index is 0.0729. The van der Waals surface area contributed by atoms with Crippen LogP contribution in [-0.4, -0.2) is 20.7 Å². The van der Waals surface area contributed by atoms with Gasteiger partial charge in [0.2, 0.25) is 5.91 Å². The van der Waals surface area contributed by atoms with Gasteiger partial charge in [0.25, 0.3) is 0 Å². The maximum Gasteiger partial charge on any atom is 0.246 e. The first-order valence-corrected chi connectivity index (χ1v) is 8.37. The lowest BCUT2D eigenvalue weighted by Gasteiger charge is -2.06. The second-order valence-corrected chi connectivity index (χ2v) is 6.54. The van der Waals surface area contributed by atoms with Crippen LogP contribution in [0.1, 0.15) is 50.2 Å². The van der Waals surface area contributed by atoms with Gasteiger partial charge < -0.3 is 0 Å². The van der Waals surface area contributed by atoms with Crippen molar-refractivity contribution in [1.29, 1.82) is 0 Å². The number of thioether (sulfide) groups is 1. The van der Waals surface area contributed by atoms with Crippen LogP contribution in [0.2, 0.25) is 0 Å². The summed E-state index contributed by atoms with van der Waals surface area (Å²) in [7, 11) is 0. The van der Waals surface area contributed by atoms with Crippen LogP contribution < -0.4 is 0 Å². The summed E-state index contributed by atoms with van der Waals surface area (Å²) in [6.45, 7) is 2.22. The Morgan fingerprint density at radius 3 is 2.85 bits per heavy atom. The average Bonchev–Trinajstić information content (AvgIpc) is 2.96. The number of rotatable bonds is 6. The highest BCUT2D eigenvalue weighted by molar-refractivity contribution is 8.00. The molecule has 3 nitrogen and oxygen atoms in total. The van der Waals surface area contributed by atoms with E-state index >= 15 is 0 Å². The first-order chi connectivity index (χ1) is 9.81. The number of benzene rings is 1. The van der Waals surface area contributed by atoms with Gasteiger partial charge in [0.15, 0.2) is 5.16 Å². The highest BCUT2D eigenvalue weighted by atomic mass is 32.2. The van der Waals surface area contributed by atoms with Crippen LogP contribution in [0.3, 0.4) is 0 Å². The lowest BCUT2D eigenvalue weighted by molar-refractivity contribution is 0.0911. The molecule has 0 fully saturated rings. The van der Waals surface area contributed by atoms with Crippen LogP contribution in [-0.2, 0) is 0 Å². The SMILES string of the molecule is CCCCCCCC1Sc2nc3ccccc3n2C1=O. The van der Waals surface area contributed by atoms with E-state index in [1.54, 1.807) is 16.3 Å². The van der Waals surface area contributed by atoms with Crippen LogP contribution in [0.25, 0.3) is 11.0 Å². The predicted molar refractivity (Wildman–Crippen MR) is 83.4 cm³/mol. The topological polar surface area (TPSA) is 34.9 Å². The highest BCUT2D eigenvalue weighted by Crippen LogP contribution is 2.37. The quantitative estimate of drug-likeness (QED) is 0.733. The van der Waals surface area contributed by atoms with E-state index in [0.29, 0.717) is 0 Å². The van der Waals surface area contributed by atoms with Gasteiger partial charge in [0.05, 0.1) is 16.3 Å². The number of para-hydroxylation sites is 2. The van der Waals surface area contributed by atoms with Gasteiger partial charge in [-0.15, -0.1) is 0 Å². The number of aromatic nitrogens is 2. The Kier molecular flexibility index (Phi) is 4.10. The Labute approximate surface area is 123 Å². The predicted octanol–water partition coefficient (Wildman–Crippen LogP) is 4.51. The average molecular weight is 288 g/mol. The summed E-state index contributed by atoms with van der Waals surface area (Å²) in [5.74, 6) is 0.217. The molecule has 0 spiro atoms. The van der Waals surface area contributed by atoms with E-state index in [4.69, 9.17) is 0 Å². The number of carbonyl (C=O) groups is 1. The monoisotopic (exact) mass is 288 g/mol. The van der Waals surface area contributed by atoms with Gasteiger partial charge in [0.1, 0.15) is 0 Å². The van der Waals surface area contributed by atoms with Gasteiger partial charge in [-0.05, 0) is 18.6 Å². The first kappa shape index (κ1) is 13.7. The third-order valence-corrected chi connectivity index (χ3v) is 5.05. The molecular formula is C16H20N2OS. The molecule has 0 aliphatic carbocycles. The van der Waals surface area contributed by atoms with Crippen LogP contribution in [0.5, 0.6) is 0 Å². The number of nitrogens with zero attached hydrogens (tertiary/aromatic N) is 2. The van der Waals surface area contributed by atoms with Crippen molar-refractivity contribution in [3.8, 4) is 0 Å². The van der Waals surface area contributed by atoms with Crippen molar-refractivity contribution in [2.24, 2.45) is 0 Å². The Hall–Kier alpha value is -1.29. The number of imidazole rings is 1. The van der Waals surface area contributed by atoms with Gasteiger partial charge in [-0.25, -0.2) is 4.98 Å². The molecule has 0 saturated carbocycles. The lowest BCUT2D eigenvalue weighted by atomic mass is 10.1. The zero-order valence-electron chi connectivity index (χ0n) is 11.8. The summed E-state index contributed by atoms with van der Waals surface area (Å²) < 4.78 is 1.80. The molecule has 0 N–H and O–H groups in total. The Morgan fingerprint density at radius 2 is 2.00 bits per heavy atom. The minimum Gasteiger partial charge on any atom is -0.273 e. The molecule has 0 bridgehead atoms. The van der Waals surface area contributed by atoms with E-state index in [0.717, 1.165) is 29.0 Å². The molecule has 0 radical (unpaired) electrons. The molecule has 1 atom stereocenters. The summed E-state index contributed by atoms with van der Waals surface area (Å²) in [5, 5.41) is 0.943. The van der Waals surface area contributed by atoms with Gasteiger partial charge in [-0.3, -0.25) is 9.36 Å². The van der Waals surface area contributed by atoms with Crippen molar-refractivity contribution >= 4 is 28.7 Å². The molecule has 2 heterocycles. The number of unbranched alkanes of at least 4 members (excludes halogenated alkanes) is 4. The fraction of sp³-hybridized carbons (Fsp3) is 0.500. The van der Waals surface area contributed by atoms with Gasteiger partial charge in [-0.1, -0.05) is 62.9 Å². The maximum absolute atomic E-state index is 12.5. The lowest BCUT2D eigenvalue weighted by Crippen LogP contribution is -2.17. The van der Waals surface area contributed by atoms with Crippen molar-refractivity contribution in [3.63, 3.8) is 0 Å². The highest BCUT2D eigenvalue weighted by Gasteiger charge is 2.33. The second-order valence-electron chi connectivity index (χ2n) is 5.37. The van der Waals surface area contributed by atoms with Gasteiger partial charge >= 0.3 is 0 Å².